The van der Waals surface area contributed by atoms with E-state index in [4.69, 9.17) is 11.6 Å². The minimum Gasteiger partial charge on any atom is -0.263 e. The van der Waals surface area contributed by atoms with Gasteiger partial charge in [-0.1, -0.05) is 0 Å². The summed E-state index contributed by atoms with van der Waals surface area (Å²) < 4.78 is 36.0. The highest BCUT2D eigenvalue weighted by atomic mass is 35.5. The molecule has 0 aromatic rings. The molecule has 0 fully saturated rings. The molecule has 2 atom stereocenters. The largest absolute Gasteiger partial charge is 0.344 e. The van der Waals surface area contributed by atoms with Crippen LogP contribution in [0.2, 0.25) is 0 Å². The standard InChI is InChI=1S/C3H5ClF2O2S/c4-3(1-5)2-8-9(6)7/h3H,1-2H2. The Morgan fingerprint density at radius 2 is 2.33 bits per heavy atom. The summed E-state index contributed by atoms with van der Waals surface area (Å²) in [6.45, 7) is -1.19. The van der Waals surface area contributed by atoms with Gasteiger partial charge in [0.2, 0.25) is 0 Å². The first kappa shape index (κ1) is 9.26. The van der Waals surface area contributed by atoms with Gasteiger partial charge in [0.15, 0.2) is 0 Å². The zero-order valence-electron chi connectivity index (χ0n) is 4.35. The van der Waals surface area contributed by atoms with Gasteiger partial charge in [-0.3, -0.25) is 4.18 Å². The molecule has 6 heteroatoms. The summed E-state index contributed by atoms with van der Waals surface area (Å²) >= 11 is 2.27. The monoisotopic (exact) mass is 178 g/mol. The maximum Gasteiger partial charge on any atom is 0.344 e. The van der Waals surface area contributed by atoms with Crippen LogP contribution < -0.4 is 0 Å². The molecule has 0 aliphatic carbocycles. The van der Waals surface area contributed by atoms with Crippen molar-refractivity contribution in [1.29, 1.82) is 0 Å². The Hall–Kier alpha value is 0.260. The molecule has 9 heavy (non-hydrogen) atoms. The molecule has 0 amide bonds. The van der Waals surface area contributed by atoms with Gasteiger partial charge in [-0.25, -0.2) is 4.39 Å². The average molecular weight is 179 g/mol. The zero-order valence-corrected chi connectivity index (χ0v) is 5.92. The molecule has 0 bridgehead atoms. The summed E-state index contributed by atoms with van der Waals surface area (Å²) in [4.78, 5) is 0. The van der Waals surface area contributed by atoms with Crippen molar-refractivity contribution in [2.45, 2.75) is 5.38 Å². The zero-order chi connectivity index (χ0) is 7.28. The van der Waals surface area contributed by atoms with Crippen LogP contribution in [0.5, 0.6) is 0 Å². The van der Waals surface area contributed by atoms with Crippen LogP contribution in [0.3, 0.4) is 0 Å². The highest BCUT2D eigenvalue weighted by molar-refractivity contribution is 7.74. The van der Waals surface area contributed by atoms with E-state index in [0.29, 0.717) is 0 Å². The summed E-state index contributed by atoms with van der Waals surface area (Å²) in [6.07, 6.45) is 0. The Morgan fingerprint density at radius 3 is 2.67 bits per heavy atom. The molecule has 0 spiro atoms. The van der Waals surface area contributed by atoms with Crippen molar-refractivity contribution in [2.75, 3.05) is 13.3 Å². The van der Waals surface area contributed by atoms with E-state index in [9.17, 15) is 12.5 Å². The number of alkyl halides is 2. The Balaban J connectivity index is 3.16. The third-order valence-electron chi connectivity index (χ3n) is 0.509. The van der Waals surface area contributed by atoms with Crippen molar-refractivity contribution in [3.8, 4) is 0 Å². The van der Waals surface area contributed by atoms with E-state index >= 15 is 0 Å². The molecule has 0 aromatic heterocycles. The normalized spacial score (nSPS) is 17.2. The Bertz CT molecular complexity index is 102. The Kier molecular flexibility index (Phi) is 5.22. The average Bonchev–Trinajstić information content (AvgIpc) is 1.83. The lowest BCUT2D eigenvalue weighted by Gasteiger charge is -1.99. The highest BCUT2D eigenvalue weighted by Gasteiger charge is 2.05. The fourth-order valence-electron chi connectivity index (χ4n) is 0.172. The van der Waals surface area contributed by atoms with Crippen LogP contribution in [-0.2, 0) is 15.6 Å². The van der Waals surface area contributed by atoms with Crippen LogP contribution in [-0.4, -0.2) is 22.9 Å². The van der Waals surface area contributed by atoms with Gasteiger partial charge in [0.1, 0.15) is 6.67 Å². The van der Waals surface area contributed by atoms with Gasteiger partial charge in [0.05, 0.1) is 12.0 Å². The van der Waals surface area contributed by atoms with Crippen molar-refractivity contribution in [1.82, 2.24) is 0 Å². The van der Waals surface area contributed by atoms with Crippen molar-refractivity contribution in [3.63, 3.8) is 0 Å². The molecule has 0 heterocycles. The molecule has 0 aromatic carbocycles. The predicted molar refractivity (Wildman–Crippen MR) is 30.8 cm³/mol. The van der Waals surface area contributed by atoms with Crippen LogP contribution in [0.25, 0.3) is 0 Å². The topological polar surface area (TPSA) is 26.3 Å². The first-order valence-electron chi connectivity index (χ1n) is 2.08. The maximum atomic E-state index is 11.4. The summed E-state index contributed by atoms with van der Waals surface area (Å²) in [7, 11) is 0. The summed E-state index contributed by atoms with van der Waals surface area (Å²) in [6, 6.07) is 0. The van der Waals surface area contributed by atoms with Gasteiger partial charge in [-0.15, -0.1) is 15.5 Å². The lowest BCUT2D eigenvalue weighted by molar-refractivity contribution is 0.304. The van der Waals surface area contributed by atoms with E-state index in [2.05, 4.69) is 4.18 Å². The molecule has 0 aliphatic heterocycles. The Labute approximate surface area is 59.1 Å². The fourth-order valence-corrected chi connectivity index (χ4v) is 0.581. The number of halogens is 3. The van der Waals surface area contributed by atoms with Gasteiger partial charge >= 0.3 is 11.5 Å². The lowest BCUT2D eigenvalue weighted by Crippen LogP contribution is -2.10. The molecule has 2 nitrogen and oxygen atoms in total. The molecule has 0 aliphatic rings. The number of hydrogen-bond acceptors (Lipinski definition) is 2. The second-order valence-electron chi connectivity index (χ2n) is 1.23. The van der Waals surface area contributed by atoms with Crippen LogP contribution in [0.15, 0.2) is 0 Å². The second-order valence-corrected chi connectivity index (χ2v) is 2.47. The Morgan fingerprint density at radius 1 is 1.78 bits per heavy atom. The van der Waals surface area contributed by atoms with E-state index in [0.717, 1.165) is 0 Å². The molecule has 56 valence electrons. The molecule has 0 radical (unpaired) electrons. The third-order valence-corrected chi connectivity index (χ3v) is 1.07. The molecule has 0 saturated carbocycles. The van der Waals surface area contributed by atoms with Crippen molar-refractivity contribution < 1.29 is 16.7 Å². The first-order valence-corrected chi connectivity index (χ1v) is 3.49. The minimum atomic E-state index is -2.84. The van der Waals surface area contributed by atoms with Crippen LogP contribution in [0.1, 0.15) is 0 Å². The number of hydrogen-bond donors (Lipinski definition) is 0. The SMILES string of the molecule is O=S(F)OCC(Cl)CF. The van der Waals surface area contributed by atoms with Crippen LogP contribution >= 0.6 is 11.6 Å². The lowest BCUT2D eigenvalue weighted by atomic mass is 10.5. The quantitative estimate of drug-likeness (QED) is 0.477. The first-order chi connectivity index (χ1) is 4.16. The molecular formula is C3H5ClF2O2S. The molecule has 2 unspecified atom stereocenters. The van der Waals surface area contributed by atoms with Gasteiger partial charge in [0, 0.05) is 0 Å². The van der Waals surface area contributed by atoms with Crippen LogP contribution in [0, 0.1) is 0 Å². The van der Waals surface area contributed by atoms with E-state index < -0.39 is 23.5 Å². The van der Waals surface area contributed by atoms with E-state index in [1.165, 1.54) is 0 Å². The van der Waals surface area contributed by atoms with Gasteiger partial charge in [0.25, 0.3) is 0 Å². The van der Waals surface area contributed by atoms with Crippen molar-refractivity contribution in [2.24, 2.45) is 0 Å². The predicted octanol–water partition coefficient (Wildman–Crippen LogP) is 1.13. The summed E-state index contributed by atoms with van der Waals surface area (Å²) in [5.74, 6) is 0. The number of rotatable bonds is 4. The van der Waals surface area contributed by atoms with E-state index in [1.807, 2.05) is 0 Å². The highest BCUT2D eigenvalue weighted by Crippen LogP contribution is 1.98. The fraction of sp³-hybridized carbons (Fsp3) is 1.00. The smallest absolute Gasteiger partial charge is 0.263 e. The van der Waals surface area contributed by atoms with Gasteiger partial charge in [-0.2, -0.15) is 4.21 Å². The molecule has 0 saturated heterocycles. The summed E-state index contributed by atoms with van der Waals surface area (Å²) in [5.41, 5.74) is 0. The maximum absolute atomic E-state index is 11.4. The minimum absolute atomic E-state index is 0.374. The van der Waals surface area contributed by atoms with Gasteiger partial charge < -0.3 is 0 Å². The summed E-state index contributed by atoms with van der Waals surface area (Å²) in [5, 5.41) is -0.912. The van der Waals surface area contributed by atoms with E-state index in [1.54, 1.807) is 0 Å². The molecule has 0 N–H and O–H groups in total. The molecular weight excluding hydrogens is 174 g/mol. The van der Waals surface area contributed by atoms with Crippen molar-refractivity contribution >= 4 is 23.1 Å². The van der Waals surface area contributed by atoms with Crippen LogP contribution in [0.4, 0.5) is 8.28 Å². The third kappa shape index (κ3) is 6.14. The van der Waals surface area contributed by atoms with E-state index in [-0.39, 0.29) is 6.61 Å². The van der Waals surface area contributed by atoms with Crippen molar-refractivity contribution in [3.05, 3.63) is 0 Å². The second kappa shape index (κ2) is 5.08. The molecule has 0 rings (SSSR count). The van der Waals surface area contributed by atoms with Gasteiger partial charge in [-0.05, 0) is 0 Å².